The van der Waals surface area contributed by atoms with Gasteiger partial charge in [-0.15, -0.1) is 11.3 Å². The lowest BCUT2D eigenvalue weighted by atomic mass is 10.1. The van der Waals surface area contributed by atoms with Crippen LogP contribution in [0.4, 0.5) is 0 Å². The zero-order chi connectivity index (χ0) is 14.8. The summed E-state index contributed by atoms with van der Waals surface area (Å²) in [5.41, 5.74) is 5.00. The largest absolute Gasteiger partial charge is 0.236 e. The van der Waals surface area contributed by atoms with Crippen LogP contribution in [0.5, 0.6) is 0 Å². The zero-order valence-corrected chi connectivity index (χ0v) is 13.7. The molecule has 3 aromatic rings. The number of rotatable bonds is 2. The van der Waals surface area contributed by atoms with E-state index in [9.17, 15) is 0 Å². The van der Waals surface area contributed by atoms with Crippen molar-refractivity contribution < 1.29 is 0 Å². The molecule has 4 heteroatoms. The van der Waals surface area contributed by atoms with Crippen LogP contribution in [0.3, 0.4) is 0 Å². The van der Waals surface area contributed by atoms with Crippen molar-refractivity contribution in [3.8, 4) is 27.9 Å². The van der Waals surface area contributed by atoms with E-state index in [1.165, 1.54) is 5.56 Å². The highest BCUT2D eigenvalue weighted by molar-refractivity contribution is 9.10. The first-order valence-corrected chi connectivity index (χ1v) is 8.07. The van der Waals surface area contributed by atoms with Crippen LogP contribution >= 0.6 is 27.3 Å². The third kappa shape index (κ3) is 2.90. The van der Waals surface area contributed by atoms with Crippen LogP contribution in [0.25, 0.3) is 21.8 Å². The molecule has 0 saturated heterocycles. The molecule has 2 nitrogen and oxygen atoms in total. The first-order valence-electron chi connectivity index (χ1n) is 6.40. The van der Waals surface area contributed by atoms with E-state index in [0.717, 1.165) is 26.3 Å². The molecular weight excluding hydrogens is 344 g/mol. The van der Waals surface area contributed by atoms with Crippen molar-refractivity contribution in [1.82, 2.24) is 4.98 Å². The van der Waals surface area contributed by atoms with Crippen molar-refractivity contribution in [3.63, 3.8) is 0 Å². The Morgan fingerprint density at radius 3 is 2.57 bits per heavy atom. The van der Waals surface area contributed by atoms with Gasteiger partial charge in [-0.1, -0.05) is 34.1 Å². The Labute approximate surface area is 135 Å². The van der Waals surface area contributed by atoms with E-state index in [0.29, 0.717) is 5.56 Å². The topological polar surface area (TPSA) is 36.7 Å². The molecule has 0 N–H and O–H groups in total. The third-order valence-electron chi connectivity index (χ3n) is 3.23. The van der Waals surface area contributed by atoms with Gasteiger partial charge in [-0.25, -0.2) is 4.98 Å². The van der Waals surface area contributed by atoms with Gasteiger partial charge in [0.25, 0.3) is 0 Å². The summed E-state index contributed by atoms with van der Waals surface area (Å²) in [5.74, 6) is 0. The fraction of sp³-hybridized carbons (Fsp3) is 0.0588. The quantitative estimate of drug-likeness (QED) is 0.615. The summed E-state index contributed by atoms with van der Waals surface area (Å²) in [6.07, 6.45) is 0. The molecule has 0 atom stereocenters. The molecule has 0 unspecified atom stereocenters. The van der Waals surface area contributed by atoms with Crippen LogP contribution in [0.1, 0.15) is 11.1 Å². The minimum absolute atomic E-state index is 0.665. The second-order valence-corrected chi connectivity index (χ2v) is 6.46. The number of benzene rings is 2. The van der Waals surface area contributed by atoms with Crippen LogP contribution < -0.4 is 0 Å². The van der Waals surface area contributed by atoms with Crippen LogP contribution in [0.15, 0.2) is 52.3 Å². The molecule has 0 radical (unpaired) electrons. The Kier molecular flexibility index (Phi) is 3.87. The predicted octanol–water partition coefficient (Wildman–Crippen LogP) is 5.42. The second kappa shape index (κ2) is 5.80. The first-order chi connectivity index (χ1) is 10.2. The number of aromatic nitrogens is 1. The Morgan fingerprint density at radius 1 is 1.14 bits per heavy atom. The van der Waals surface area contributed by atoms with Crippen LogP contribution in [0.2, 0.25) is 0 Å². The monoisotopic (exact) mass is 354 g/mol. The molecule has 21 heavy (non-hydrogen) atoms. The summed E-state index contributed by atoms with van der Waals surface area (Å²) >= 11 is 5.12. The highest BCUT2D eigenvalue weighted by Gasteiger charge is 2.09. The number of thiazole rings is 1. The molecule has 3 rings (SSSR count). The molecule has 0 bridgehead atoms. The standard InChI is InChI=1S/C17H11BrN2S/c1-11-8-14(18)6-7-15(11)17-20-16(10-21-17)13-4-2-12(9-19)3-5-13/h2-8,10H,1H3. The van der Waals surface area contributed by atoms with Crippen molar-refractivity contribution >= 4 is 27.3 Å². The summed E-state index contributed by atoms with van der Waals surface area (Å²) in [5, 5.41) is 11.9. The molecule has 0 aliphatic rings. The van der Waals surface area contributed by atoms with Gasteiger partial charge >= 0.3 is 0 Å². The number of halogens is 1. The SMILES string of the molecule is Cc1cc(Br)ccc1-c1nc(-c2ccc(C#N)cc2)cs1. The zero-order valence-electron chi connectivity index (χ0n) is 11.3. The minimum Gasteiger partial charge on any atom is -0.236 e. The van der Waals surface area contributed by atoms with Gasteiger partial charge in [0.15, 0.2) is 0 Å². The van der Waals surface area contributed by atoms with Gasteiger partial charge < -0.3 is 0 Å². The number of hydrogen-bond acceptors (Lipinski definition) is 3. The van der Waals surface area contributed by atoms with Crippen molar-refractivity contribution in [2.24, 2.45) is 0 Å². The van der Waals surface area contributed by atoms with Crippen molar-refractivity contribution in [3.05, 3.63) is 63.4 Å². The molecule has 0 saturated carbocycles. The van der Waals surface area contributed by atoms with E-state index in [1.54, 1.807) is 11.3 Å². The minimum atomic E-state index is 0.665. The summed E-state index contributed by atoms with van der Waals surface area (Å²) < 4.78 is 1.08. The maximum Gasteiger partial charge on any atom is 0.124 e. The van der Waals surface area contributed by atoms with E-state index in [4.69, 9.17) is 10.2 Å². The average molecular weight is 355 g/mol. The Morgan fingerprint density at radius 2 is 1.90 bits per heavy atom. The molecule has 102 valence electrons. The Bertz CT molecular complexity index is 829. The summed E-state index contributed by atoms with van der Waals surface area (Å²) in [4.78, 5) is 4.72. The molecular formula is C17H11BrN2S. The number of nitriles is 1. The molecule has 0 aliphatic carbocycles. The van der Waals surface area contributed by atoms with Crippen molar-refractivity contribution in [2.45, 2.75) is 6.92 Å². The molecule has 0 fully saturated rings. The van der Waals surface area contributed by atoms with Crippen LogP contribution in [0, 0.1) is 18.3 Å². The van der Waals surface area contributed by atoms with E-state index in [1.807, 2.05) is 30.3 Å². The van der Waals surface area contributed by atoms with Gasteiger partial charge in [0, 0.05) is 21.0 Å². The molecule has 2 aromatic carbocycles. The number of hydrogen-bond donors (Lipinski definition) is 0. The third-order valence-corrected chi connectivity index (χ3v) is 4.60. The molecule has 0 aliphatic heterocycles. The van der Waals surface area contributed by atoms with Gasteiger partial charge in [0.2, 0.25) is 0 Å². The maximum atomic E-state index is 8.84. The van der Waals surface area contributed by atoms with Crippen LogP contribution in [-0.2, 0) is 0 Å². The lowest BCUT2D eigenvalue weighted by molar-refractivity contribution is 1.36. The highest BCUT2D eigenvalue weighted by Crippen LogP contribution is 2.32. The predicted molar refractivity (Wildman–Crippen MR) is 90.1 cm³/mol. The smallest absolute Gasteiger partial charge is 0.124 e. The van der Waals surface area contributed by atoms with Gasteiger partial charge in [0.05, 0.1) is 17.3 Å². The van der Waals surface area contributed by atoms with Crippen molar-refractivity contribution in [1.29, 1.82) is 5.26 Å². The Hall–Kier alpha value is -1.96. The molecule has 0 amide bonds. The fourth-order valence-electron chi connectivity index (χ4n) is 2.11. The maximum absolute atomic E-state index is 8.84. The fourth-order valence-corrected chi connectivity index (χ4v) is 3.51. The lowest BCUT2D eigenvalue weighted by Crippen LogP contribution is -1.84. The summed E-state index contributed by atoms with van der Waals surface area (Å²) in [6.45, 7) is 2.09. The lowest BCUT2D eigenvalue weighted by Gasteiger charge is -2.02. The van der Waals surface area contributed by atoms with E-state index in [-0.39, 0.29) is 0 Å². The van der Waals surface area contributed by atoms with Gasteiger partial charge in [-0.2, -0.15) is 5.26 Å². The summed E-state index contributed by atoms with van der Waals surface area (Å²) in [7, 11) is 0. The van der Waals surface area contributed by atoms with Crippen molar-refractivity contribution in [2.75, 3.05) is 0 Å². The van der Waals surface area contributed by atoms with Gasteiger partial charge in [-0.05, 0) is 36.8 Å². The number of aryl methyl sites for hydroxylation is 1. The molecule has 0 spiro atoms. The van der Waals surface area contributed by atoms with Gasteiger partial charge in [-0.3, -0.25) is 0 Å². The van der Waals surface area contributed by atoms with Crippen LogP contribution in [-0.4, -0.2) is 4.98 Å². The average Bonchev–Trinajstić information content (AvgIpc) is 2.97. The van der Waals surface area contributed by atoms with E-state index >= 15 is 0 Å². The molecule has 1 heterocycles. The molecule has 1 aromatic heterocycles. The van der Waals surface area contributed by atoms with E-state index < -0.39 is 0 Å². The van der Waals surface area contributed by atoms with E-state index in [2.05, 4.69) is 46.4 Å². The number of nitrogens with zero attached hydrogens (tertiary/aromatic N) is 2. The Balaban J connectivity index is 1.97. The second-order valence-electron chi connectivity index (χ2n) is 4.69. The van der Waals surface area contributed by atoms with Gasteiger partial charge in [0.1, 0.15) is 5.01 Å². The summed E-state index contributed by atoms with van der Waals surface area (Å²) in [6, 6.07) is 15.8. The first kappa shape index (κ1) is 14.0. The highest BCUT2D eigenvalue weighted by atomic mass is 79.9. The normalized spacial score (nSPS) is 10.3.